The summed E-state index contributed by atoms with van der Waals surface area (Å²) in [7, 11) is 1.43. The molecule has 1 N–H and O–H groups in total. The normalized spacial score (nSPS) is 14.5. The summed E-state index contributed by atoms with van der Waals surface area (Å²) in [5.41, 5.74) is 3.95. The van der Waals surface area contributed by atoms with Crippen molar-refractivity contribution >= 4 is 29.5 Å². The van der Waals surface area contributed by atoms with Crippen molar-refractivity contribution in [3.63, 3.8) is 0 Å². The van der Waals surface area contributed by atoms with Crippen molar-refractivity contribution in [3.05, 3.63) is 95.1 Å². The Morgan fingerprint density at radius 3 is 2.27 bits per heavy atom. The third kappa shape index (κ3) is 4.93. The monoisotopic (exact) mass is 516 g/mol. The second-order valence-corrected chi connectivity index (χ2v) is 9.33. The van der Waals surface area contributed by atoms with Crippen LogP contribution in [0.5, 0.6) is 0 Å². The Hall–Kier alpha value is -4.17. The molecule has 1 aromatic heterocycles. The average Bonchev–Trinajstić information content (AvgIpc) is 3.61. The number of halogens is 1. The zero-order valence-electron chi connectivity index (χ0n) is 20.3. The van der Waals surface area contributed by atoms with Gasteiger partial charge in [-0.25, -0.2) is 4.79 Å². The zero-order chi connectivity index (χ0) is 26.0. The summed E-state index contributed by atoms with van der Waals surface area (Å²) < 4.78 is 12.0. The molecule has 0 bridgehead atoms. The maximum absolute atomic E-state index is 12.5. The Labute approximate surface area is 219 Å². The Morgan fingerprint density at radius 1 is 1.00 bits per heavy atom. The minimum Gasteiger partial charge on any atom is -0.468 e. The van der Waals surface area contributed by atoms with E-state index >= 15 is 0 Å². The lowest BCUT2D eigenvalue weighted by Crippen LogP contribution is -2.21. The summed E-state index contributed by atoms with van der Waals surface area (Å²) in [6.45, 7) is 1.75. The molecule has 1 aliphatic rings. The number of methoxy groups -OCH3 is 1. The molecule has 4 aromatic rings. The van der Waals surface area contributed by atoms with Crippen LogP contribution >= 0.6 is 11.6 Å². The van der Waals surface area contributed by atoms with Crippen LogP contribution in [0, 0.1) is 0 Å². The molecule has 188 valence electrons. The van der Waals surface area contributed by atoms with Crippen molar-refractivity contribution in [2.45, 2.75) is 31.3 Å². The van der Waals surface area contributed by atoms with Crippen molar-refractivity contribution < 1.29 is 19.1 Å². The van der Waals surface area contributed by atoms with Crippen LogP contribution in [0.2, 0.25) is 5.02 Å². The molecular formula is C28H25ClN4O4. The van der Waals surface area contributed by atoms with Gasteiger partial charge in [0.05, 0.1) is 24.4 Å². The van der Waals surface area contributed by atoms with E-state index < -0.39 is 17.6 Å². The summed E-state index contributed by atoms with van der Waals surface area (Å²) >= 11 is 6.20. The molecule has 1 fully saturated rings. The summed E-state index contributed by atoms with van der Waals surface area (Å²) in [5, 5.41) is 11.2. The standard InChI is InChI=1S/C28H25ClN4O4/c1-18(23-5-3-4-6-24(23)29)37-27(35)31-25-17-30-32-33(25)22-13-9-20(10-14-22)19-7-11-21(12-8-19)28(15-16-28)26(34)36-2/h3-14,17-18H,15-16H2,1-2H3,(H,31,35). The highest BCUT2D eigenvalue weighted by molar-refractivity contribution is 6.31. The predicted molar refractivity (Wildman–Crippen MR) is 140 cm³/mol. The Morgan fingerprint density at radius 2 is 1.65 bits per heavy atom. The molecule has 1 unspecified atom stereocenters. The van der Waals surface area contributed by atoms with Crippen LogP contribution in [0.15, 0.2) is 79.0 Å². The van der Waals surface area contributed by atoms with Crippen molar-refractivity contribution in [2.24, 2.45) is 0 Å². The van der Waals surface area contributed by atoms with Gasteiger partial charge in [0.1, 0.15) is 6.10 Å². The molecule has 5 rings (SSSR count). The quantitative estimate of drug-likeness (QED) is 0.298. The second-order valence-electron chi connectivity index (χ2n) is 8.92. The number of esters is 1. The van der Waals surface area contributed by atoms with E-state index in [9.17, 15) is 9.59 Å². The molecule has 0 aliphatic heterocycles. The van der Waals surface area contributed by atoms with Gasteiger partial charge in [0, 0.05) is 10.6 Å². The minimum absolute atomic E-state index is 0.177. The van der Waals surface area contributed by atoms with E-state index in [1.54, 1.807) is 13.0 Å². The van der Waals surface area contributed by atoms with E-state index in [0.29, 0.717) is 16.4 Å². The first kappa shape index (κ1) is 24.5. The molecule has 1 saturated carbocycles. The Balaban J connectivity index is 1.27. The van der Waals surface area contributed by atoms with E-state index in [4.69, 9.17) is 21.1 Å². The fraction of sp³-hybridized carbons (Fsp3) is 0.214. The topological polar surface area (TPSA) is 95.3 Å². The summed E-state index contributed by atoms with van der Waals surface area (Å²) in [4.78, 5) is 24.7. The van der Waals surface area contributed by atoms with E-state index in [1.807, 2.05) is 66.7 Å². The molecule has 1 atom stereocenters. The largest absolute Gasteiger partial charge is 0.468 e. The van der Waals surface area contributed by atoms with Crippen molar-refractivity contribution in [2.75, 3.05) is 12.4 Å². The van der Waals surface area contributed by atoms with Gasteiger partial charge in [0.15, 0.2) is 5.82 Å². The summed E-state index contributed by atoms with van der Waals surface area (Å²) in [6.07, 6.45) is 1.89. The maximum Gasteiger partial charge on any atom is 0.413 e. The summed E-state index contributed by atoms with van der Waals surface area (Å²) in [5.74, 6) is 0.190. The van der Waals surface area contributed by atoms with Crippen molar-refractivity contribution in [1.82, 2.24) is 15.0 Å². The molecule has 1 amide bonds. The number of nitrogens with zero attached hydrogens (tertiary/aromatic N) is 3. The summed E-state index contributed by atoms with van der Waals surface area (Å²) in [6, 6.07) is 22.9. The van der Waals surface area contributed by atoms with Gasteiger partial charge in [-0.3, -0.25) is 10.1 Å². The van der Waals surface area contributed by atoms with E-state index in [-0.39, 0.29) is 5.97 Å². The number of hydrogen-bond acceptors (Lipinski definition) is 6. The van der Waals surface area contributed by atoms with Crippen LogP contribution in [0.3, 0.4) is 0 Å². The first-order valence-corrected chi connectivity index (χ1v) is 12.2. The molecule has 8 nitrogen and oxygen atoms in total. The zero-order valence-corrected chi connectivity index (χ0v) is 21.1. The van der Waals surface area contributed by atoms with E-state index in [0.717, 1.165) is 35.2 Å². The first-order valence-electron chi connectivity index (χ1n) is 11.8. The van der Waals surface area contributed by atoms with E-state index in [1.165, 1.54) is 18.0 Å². The maximum atomic E-state index is 12.5. The molecule has 37 heavy (non-hydrogen) atoms. The molecule has 3 aromatic carbocycles. The van der Waals surface area contributed by atoms with Crippen molar-refractivity contribution in [1.29, 1.82) is 0 Å². The van der Waals surface area contributed by atoms with Crippen LogP contribution in [0.25, 0.3) is 16.8 Å². The molecule has 0 saturated heterocycles. The van der Waals surface area contributed by atoms with Gasteiger partial charge in [0.2, 0.25) is 0 Å². The lowest BCUT2D eigenvalue weighted by molar-refractivity contribution is -0.143. The lowest BCUT2D eigenvalue weighted by atomic mass is 9.94. The van der Waals surface area contributed by atoms with Gasteiger partial charge < -0.3 is 9.47 Å². The number of aromatic nitrogens is 3. The highest BCUT2D eigenvalue weighted by Crippen LogP contribution is 2.49. The number of carbonyl (C=O) groups is 2. The molecule has 1 heterocycles. The molecule has 0 radical (unpaired) electrons. The highest BCUT2D eigenvalue weighted by atomic mass is 35.5. The SMILES string of the molecule is COC(=O)C1(c2ccc(-c3ccc(-n4nncc4NC(=O)OC(C)c4ccccc4Cl)cc3)cc2)CC1. The van der Waals surface area contributed by atoms with Crippen LogP contribution in [-0.2, 0) is 19.7 Å². The Kier molecular flexibility index (Phi) is 6.67. The number of rotatable bonds is 7. The first-order chi connectivity index (χ1) is 17.9. The van der Waals surface area contributed by atoms with Gasteiger partial charge in [0.25, 0.3) is 0 Å². The van der Waals surface area contributed by atoms with Crippen LogP contribution < -0.4 is 5.32 Å². The molecular weight excluding hydrogens is 492 g/mol. The number of hydrogen-bond donors (Lipinski definition) is 1. The fourth-order valence-electron chi connectivity index (χ4n) is 4.38. The van der Waals surface area contributed by atoms with Gasteiger partial charge in [-0.2, -0.15) is 4.68 Å². The Bertz CT molecular complexity index is 1430. The predicted octanol–water partition coefficient (Wildman–Crippen LogP) is 6.10. The van der Waals surface area contributed by atoms with Gasteiger partial charge in [-0.1, -0.05) is 71.4 Å². The number of amides is 1. The van der Waals surface area contributed by atoms with Crippen LogP contribution in [0.4, 0.5) is 10.6 Å². The molecule has 1 aliphatic carbocycles. The number of benzene rings is 3. The van der Waals surface area contributed by atoms with Crippen LogP contribution in [0.1, 0.15) is 37.0 Å². The number of nitrogens with one attached hydrogen (secondary N) is 1. The van der Waals surface area contributed by atoms with Gasteiger partial charge >= 0.3 is 12.1 Å². The minimum atomic E-state index is -0.645. The van der Waals surface area contributed by atoms with E-state index in [2.05, 4.69) is 15.6 Å². The second kappa shape index (κ2) is 10.1. The lowest BCUT2D eigenvalue weighted by Gasteiger charge is -2.15. The molecule has 0 spiro atoms. The van der Waals surface area contributed by atoms with Gasteiger partial charge in [-0.05, 0) is 54.7 Å². The average molecular weight is 517 g/mol. The fourth-order valence-corrected chi connectivity index (χ4v) is 4.67. The number of ether oxygens (including phenoxy) is 2. The highest BCUT2D eigenvalue weighted by Gasteiger charge is 2.52. The molecule has 9 heteroatoms. The smallest absolute Gasteiger partial charge is 0.413 e. The van der Waals surface area contributed by atoms with Crippen molar-refractivity contribution in [3.8, 4) is 16.8 Å². The third-order valence-corrected chi connectivity index (χ3v) is 6.96. The third-order valence-electron chi connectivity index (χ3n) is 6.62. The van der Waals surface area contributed by atoms with Gasteiger partial charge in [-0.15, -0.1) is 5.10 Å². The van der Waals surface area contributed by atoms with Crippen LogP contribution in [-0.4, -0.2) is 34.2 Å². The number of carbonyl (C=O) groups excluding carboxylic acids is 2. The number of anilines is 1.